The molecule has 8 heteroatoms. The number of nitro groups is 1. The first-order valence-corrected chi connectivity index (χ1v) is 9.18. The molecule has 0 amide bonds. The number of nitrogens with zero attached hydrogens (tertiary/aromatic N) is 3. The molecule has 1 heterocycles. The van der Waals surface area contributed by atoms with Gasteiger partial charge >= 0.3 is 0 Å². The van der Waals surface area contributed by atoms with E-state index in [1.54, 1.807) is 37.3 Å². The van der Waals surface area contributed by atoms with E-state index < -0.39 is 16.8 Å². The van der Waals surface area contributed by atoms with Crippen LogP contribution in [0.4, 0.5) is 15.8 Å². The standard InChI is InChI=1S/C22H17FN4O3/c1-14-18(12-7-13-19(14)27(28)29)24-20(16-10-5-6-11-17(16)23)22-26-25-21(30-22)15-8-3-2-4-9-15/h2-13,20,24H,1H3/t20-/m0/s1. The zero-order valence-electron chi connectivity index (χ0n) is 15.9. The maximum absolute atomic E-state index is 14.6. The highest BCUT2D eigenvalue weighted by Gasteiger charge is 2.26. The molecule has 30 heavy (non-hydrogen) atoms. The van der Waals surface area contributed by atoms with Crippen LogP contribution in [0.15, 0.2) is 77.2 Å². The van der Waals surface area contributed by atoms with Crippen molar-refractivity contribution in [3.8, 4) is 11.5 Å². The van der Waals surface area contributed by atoms with Crippen molar-refractivity contribution in [1.29, 1.82) is 0 Å². The maximum atomic E-state index is 14.6. The van der Waals surface area contributed by atoms with Crippen LogP contribution in [0.1, 0.15) is 23.1 Å². The molecule has 0 spiro atoms. The van der Waals surface area contributed by atoms with E-state index in [0.717, 1.165) is 5.56 Å². The molecule has 1 aromatic heterocycles. The summed E-state index contributed by atoms with van der Waals surface area (Å²) in [7, 11) is 0. The van der Waals surface area contributed by atoms with Crippen LogP contribution in [0, 0.1) is 22.9 Å². The van der Waals surface area contributed by atoms with Gasteiger partial charge in [0.05, 0.1) is 4.92 Å². The Labute approximate surface area is 171 Å². The molecule has 150 valence electrons. The van der Waals surface area contributed by atoms with Gasteiger partial charge in [-0.1, -0.05) is 42.5 Å². The van der Waals surface area contributed by atoms with Gasteiger partial charge in [0.1, 0.15) is 11.9 Å². The van der Waals surface area contributed by atoms with Gasteiger partial charge in [-0.15, -0.1) is 10.2 Å². The van der Waals surface area contributed by atoms with Crippen LogP contribution < -0.4 is 5.32 Å². The molecule has 0 aliphatic rings. The Morgan fingerprint density at radius 1 is 1.00 bits per heavy atom. The van der Waals surface area contributed by atoms with Crippen LogP contribution in [-0.4, -0.2) is 15.1 Å². The third-order valence-corrected chi connectivity index (χ3v) is 4.73. The fraction of sp³-hybridized carbons (Fsp3) is 0.0909. The lowest BCUT2D eigenvalue weighted by Crippen LogP contribution is -2.15. The number of nitrogens with one attached hydrogen (secondary N) is 1. The van der Waals surface area contributed by atoms with Crippen LogP contribution in [-0.2, 0) is 0 Å². The molecule has 0 aliphatic carbocycles. The van der Waals surface area contributed by atoms with Gasteiger partial charge in [0.15, 0.2) is 0 Å². The number of aromatic nitrogens is 2. The van der Waals surface area contributed by atoms with Gasteiger partial charge in [0, 0.05) is 28.4 Å². The molecule has 0 saturated carbocycles. The second-order valence-corrected chi connectivity index (χ2v) is 6.62. The Morgan fingerprint density at radius 3 is 2.47 bits per heavy atom. The summed E-state index contributed by atoms with van der Waals surface area (Å²) in [6.07, 6.45) is 0. The number of hydrogen-bond acceptors (Lipinski definition) is 6. The summed E-state index contributed by atoms with van der Waals surface area (Å²) in [5, 5.41) is 22.6. The molecule has 0 radical (unpaired) electrons. The largest absolute Gasteiger partial charge is 0.418 e. The van der Waals surface area contributed by atoms with Crippen molar-refractivity contribution in [2.24, 2.45) is 0 Å². The Morgan fingerprint density at radius 2 is 1.73 bits per heavy atom. The van der Waals surface area contributed by atoms with E-state index in [1.165, 1.54) is 12.1 Å². The van der Waals surface area contributed by atoms with Crippen molar-refractivity contribution in [3.63, 3.8) is 0 Å². The van der Waals surface area contributed by atoms with Crippen LogP contribution in [0.25, 0.3) is 11.5 Å². The summed E-state index contributed by atoms with van der Waals surface area (Å²) in [5.41, 5.74) is 1.87. The van der Waals surface area contributed by atoms with Crippen LogP contribution in [0.2, 0.25) is 0 Å². The zero-order chi connectivity index (χ0) is 21.1. The summed E-state index contributed by atoms with van der Waals surface area (Å²) in [4.78, 5) is 10.8. The molecule has 1 atom stereocenters. The lowest BCUT2D eigenvalue weighted by atomic mass is 10.0. The predicted octanol–water partition coefficient (Wildman–Crippen LogP) is 5.29. The quantitative estimate of drug-likeness (QED) is 0.346. The van der Waals surface area contributed by atoms with E-state index in [1.807, 2.05) is 30.3 Å². The molecule has 0 saturated heterocycles. The van der Waals surface area contributed by atoms with Crippen molar-refractivity contribution in [1.82, 2.24) is 10.2 Å². The smallest absolute Gasteiger partial charge is 0.274 e. The van der Waals surface area contributed by atoms with Gasteiger partial charge in [-0.25, -0.2) is 4.39 Å². The maximum Gasteiger partial charge on any atom is 0.274 e. The minimum atomic E-state index is -0.836. The summed E-state index contributed by atoms with van der Waals surface area (Å²) in [6, 6.07) is 19.3. The van der Waals surface area contributed by atoms with Gasteiger partial charge < -0.3 is 9.73 Å². The van der Waals surface area contributed by atoms with Crippen LogP contribution in [0.3, 0.4) is 0 Å². The molecule has 0 aliphatic heterocycles. The fourth-order valence-corrected chi connectivity index (χ4v) is 3.16. The lowest BCUT2D eigenvalue weighted by Gasteiger charge is -2.19. The van der Waals surface area contributed by atoms with Crippen molar-refractivity contribution in [3.05, 3.63) is 106 Å². The Kier molecular flexibility index (Phi) is 5.21. The molecular formula is C22H17FN4O3. The minimum Gasteiger partial charge on any atom is -0.418 e. The van der Waals surface area contributed by atoms with Gasteiger partial charge in [0.2, 0.25) is 11.8 Å². The number of rotatable bonds is 6. The molecular weight excluding hydrogens is 387 g/mol. The Balaban J connectivity index is 1.78. The SMILES string of the molecule is Cc1c(N[C@H](c2nnc(-c3ccccc3)o2)c2ccccc2F)cccc1[N+](=O)[O-]. The molecule has 0 unspecified atom stereocenters. The second kappa shape index (κ2) is 8.12. The first-order valence-electron chi connectivity index (χ1n) is 9.18. The average Bonchev–Trinajstić information content (AvgIpc) is 3.24. The predicted molar refractivity (Wildman–Crippen MR) is 109 cm³/mol. The number of hydrogen-bond donors (Lipinski definition) is 1. The van der Waals surface area contributed by atoms with E-state index in [4.69, 9.17) is 4.42 Å². The van der Waals surface area contributed by atoms with E-state index in [-0.39, 0.29) is 17.1 Å². The Hall–Kier alpha value is -4.07. The van der Waals surface area contributed by atoms with Gasteiger partial charge in [0.25, 0.3) is 5.69 Å². The average molecular weight is 404 g/mol. The molecule has 0 bridgehead atoms. The third-order valence-electron chi connectivity index (χ3n) is 4.73. The molecule has 0 fully saturated rings. The molecule has 1 N–H and O–H groups in total. The van der Waals surface area contributed by atoms with Gasteiger partial charge in [-0.3, -0.25) is 10.1 Å². The number of benzene rings is 3. The summed E-state index contributed by atoms with van der Waals surface area (Å²) >= 11 is 0. The van der Waals surface area contributed by atoms with Crippen molar-refractivity contribution in [2.45, 2.75) is 13.0 Å². The van der Waals surface area contributed by atoms with Crippen molar-refractivity contribution >= 4 is 11.4 Å². The monoisotopic (exact) mass is 404 g/mol. The van der Waals surface area contributed by atoms with Crippen LogP contribution >= 0.6 is 0 Å². The lowest BCUT2D eigenvalue weighted by molar-refractivity contribution is -0.385. The summed E-state index contributed by atoms with van der Waals surface area (Å²) in [6.45, 7) is 1.63. The van der Waals surface area contributed by atoms with Gasteiger partial charge in [-0.05, 0) is 31.2 Å². The highest BCUT2D eigenvalue weighted by atomic mass is 19.1. The molecule has 4 aromatic rings. The summed E-state index contributed by atoms with van der Waals surface area (Å²) in [5.74, 6) is -0.0214. The molecule has 4 rings (SSSR count). The number of halogens is 1. The van der Waals surface area contributed by atoms with E-state index in [2.05, 4.69) is 15.5 Å². The first kappa shape index (κ1) is 19.3. The van der Waals surface area contributed by atoms with Crippen LogP contribution in [0.5, 0.6) is 0 Å². The minimum absolute atomic E-state index is 0.0391. The Bertz CT molecular complexity index is 1190. The van der Waals surface area contributed by atoms with Crippen molar-refractivity contribution < 1.29 is 13.7 Å². The summed E-state index contributed by atoms with van der Waals surface area (Å²) < 4.78 is 20.5. The second-order valence-electron chi connectivity index (χ2n) is 6.62. The van der Waals surface area contributed by atoms with E-state index in [9.17, 15) is 14.5 Å². The number of nitro benzene ring substituents is 1. The van der Waals surface area contributed by atoms with Gasteiger partial charge in [-0.2, -0.15) is 0 Å². The zero-order valence-corrected chi connectivity index (χ0v) is 15.9. The molecule has 3 aromatic carbocycles. The molecule has 7 nitrogen and oxygen atoms in total. The van der Waals surface area contributed by atoms with E-state index in [0.29, 0.717) is 17.1 Å². The third kappa shape index (κ3) is 3.75. The first-order chi connectivity index (χ1) is 14.5. The van der Waals surface area contributed by atoms with Crippen molar-refractivity contribution in [2.75, 3.05) is 5.32 Å². The number of anilines is 1. The highest BCUT2D eigenvalue weighted by molar-refractivity contribution is 5.61. The normalized spacial score (nSPS) is 11.8. The fourth-order valence-electron chi connectivity index (χ4n) is 3.16. The van der Waals surface area contributed by atoms with E-state index >= 15 is 0 Å². The topological polar surface area (TPSA) is 94.1 Å². The highest BCUT2D eigenvalue weighted by Crippen LogP contribution is 2.33.